The second-order valence-electron chi connectivity index (χ2n) is 10.4. The van der Waals surface area contributed by atoms with Gasteiger partial charge in [-0.15, -0.1) is 20.4 Å². The van der Waals surface area contributed by atoms with Crippen LogP contribution < -0.4 is 39.5 Å². The normalized spacial score (nSPS) is 10.3. The van der Waals surface area contributed by atoms with Gasteiger partial charge < -0.3 is 34.1 Å². The number of nitrogens with zero attached hydrogens (tertiary/aromatic N) is 7. The number of nitrogens with two attached hydrogens (primary N) is 5. The van der Waals surface area contributed by atoms with Crippen molar-refractivity contribution in [2.45, 2.75) is 7.43 Å². The van der Waals surface area contributed by atoms with Gasteiger partial charge in [-0.2, -0.15) is 15.5 Å². The Morgan fingerprint density at radius 3 is 1.07 bits per heavy atom. The van der Waals surface area contributed by atoms with Crippen LogP contribution in [-0.2, 0) is 0 Å². The van der Waals surface area contributed by atoms with E-state index in [1.165, 1.54) is 0 Å². The molecular weight excluding hydrogens is 705 g/mol. The summed E-state index contributed by atoms with van der Waals surface area (Å²) in [6.45, 7) is 0. The summed E-state index contributed by atoms with van der Waals surface area (Å²) in [6.07, 6.45) is 0. The zero-order valence-corrected chi connectivity index (χ0v) is 28.4. The molecule has 0 radical (unpaired) electrons. The Labute approximate surface area is 317 Å². The largest absolute Gasteiger partial charge is 0.412 e. The fourth-order valence-electron chi connectivity index (χ4n) is 4.32. The van der Waals surface area contributed by atoms with Crippen LogP contribution in [0.1, 0.15) is 25.5 Å². The molecule has 7 rings (SSSR count). The molecule has 5 aromatic carbocycles. The summed E-state index contributed by atoms with van der Waals surface area (Å²) >= 11 is 0. The van der Waals surface area contributed by atoms with Crippen molar-refractivity contribution < 1.29 is 6.90 Å². The molecule has 6 aromatic rings. The molecule has 1 aromatic heterocycles. The third-order valence-electron chi connectivity index (χ3n) is 6.65. The first-order chi connectivity index (χ1) is 25.8. The highest BCUT2D eigenvalue weighted by atomic mass is 16.7. The number of hydrogen-bond donors (Lipinski definition) is 9. The van der Waals surface area contributed by atoms with Crippen LogP contribution in [0.3, 0.4) is 0 Å². The first kappa shape index (κ1) is 44.7. The minimum Gasteiger partial charge on any atom is -0.412 e. The lowest BCUT2D eigenvalue weighted by Crippen LogP contribution is -2.34. The average molecular weight is 747 g/mol. The van der Waals surface area contributed by atoms with Gasteiger partial charge in [-0.05, 0) is 66.7 Å². The zero-order chi connectivity index (χ0) is 38.6. The van der Waals surface area contributed by atoms with E-state index in [4.69, 9.17) is 54.9 Å². The van der Waals surface area contributed by atoms with E-state index in [9.17, 15) is 0 Å². The van der Waals surface area contributed by atoms with Crippen molar-refractivity contribution in [3.8, 4) is 28.8 Å². The summed E-state index contributed by atoms with van der Waals surface area (Å²) < 4.78 is 0. The van der Waals surface area contributed by atoms with Crippen LogP contribution in [-0.4, -0.2) is 37.5 Å². The number of nitriles is 1. The van der Waals surface area contributed by atoms with E-state index in [0.29, 0.717) is 57.3 Å². The standard InChI is InChI=1S/C14H14N6.C14H12N6.C7H6N2.CH4.H2N2.O2.H2O.H2/c2*15-11-5-1-3-9(7-11)13-17-19-14(20-18-13)10-4-2-6-12(16)8-10;8-5-6-2-1-3-7(9)4-6;;2*1-2;;/h1-8H,15-16H2,(H,17,18)(H,19,20);1-8H,15-16H2;1-4H,9H2;1H4;1-2H;;1H2;1H. The number of amidine groups is 2. The molecule has 19 heteroatoms. The van der Waals surface area contributed by atoms with Gasteiger partial charge in [0, 0.05) is 62.0 Å². The van der Waals surface area contributed by atoms with Crippen LogP contribution in [0.4, 0.5) is 28.4 Å². The van der Waals surface area contributed by atoms with Gasteiger partial charge in [0.25, 0.3) is 0 Å². The molecule has 0 saturated heterocycles. The maximum atomic E-state index is 8.36. The average Bonchev–Trinajstić information content (AvgIpc) is 3.20. The number of hydrogen-bond acceptors (Lipinski definition) is 18. The highest BCUT2D eigenvalue weighted by molar-refractivity contribution is 6.06. The highest BCUT2D eigenvalue weighted by Gasteiger charge is 2.12. The van der Waals surface area contributed by atoms with E-state index < -0.39 is 0 Å². The number of rotatable bonds is 4. The van der Waals surface area contributed by atoms with Gasteiger partial charge in [0.2, 0.25) is 11.6 Å². The van der Waals surface area contributed by atoms with Gasteiger partial charge in [-0.3, -0.25) is 10.9 Å². The topological polar surface area (TPSA) is 368 Å². The molecule has 0 atom stereocenters. The quantitative estimate of drug-likeness (QED) is 0.0872. The first-order valence-corrected chi connectivity index (χ1v) is 15.1. The Hall–Kier alpha value is -8.37. The van der Waals surface area contributed by atoms with Crippen LogP contribution in [0.2, 0.25) is 0 Å². The molecule has 16 N–H and O–H groups in total. The van der Waals surface area contributed by atoms with Crippen molar-refractivity contribution in [2.75, 3.05) is 28.7 Å². The number of benzene rings is 5. The van der Waals surface area contributed by atoms with Gasteiger partial charge >= 0.3 is 0 Å². The van der Waals surface area contributed by atoms with Gasteiger partial charge in [-0.25, -0.2) is 11.1 Å². The van der Waals surface area contributed by atoms with E-state index in [1.807, 2.05) is 78.9 Å². The second-order valence-corrected chi connectivity index (χ2v) is 10.4. The number of nitrogens with one attached hydrogen (secondary N) is 4. The fourth-order valence-corrected chi connectivity index (χ4v) is 4.32. The molecule has 19 nitrogen and oxygen atoms in total. The van der Waals surface area contributed by atoms with Crippen LogP contribution in [0.15, 0.2) is 132 Å². The summed E-state index contributed by atoms with van der Waals surface area (Å²) in [4.78, 5) is 14.0. The van der Waals surface area contributed by atoms with Crippen molar-refractivity contribution in [1.29, 1.82) is 16.3 Å². The second kappa shape index (κ2) is 23.2. The Balaban J connectivity index is 0.000000798. The lowest BCUT2D eigenvalue weighted by atomic mass is 10.2. The Morgan fingerprint density at radius 1 is 0.509 bits per heavy atom. The molecule has 0 unspecified atom stereocenters. The molecule has 0 bridgehead atoms. The molecule has 0 fully saturated rings. The molecule has 1 aliphatic heterocycles. The highest BCUT2D eigenvalue weighted by Crippen LogP contribution is 2.19. The molecule has 55 heavy (non-hydrogen) atoms. The summed E-state index contributed by atoms with van der Waals surface area (Å²) in [5, 5.41) is 33.2. The lowest BCUT2D eigenvalue weighted by Gasteiger charge is -2.15. The molecular formula is C36H42N16O3. The number of nitrogen functional groups attached to an aromatic ring is 5. The van der Waals surface area contributed by atoms with Gasteiger partial charge in [0.05, 0.1) is 11.6 Å². The van der Waals surface area contributed by atoms with Crippen LogP contribution in [0.25, 0.3) is 22.8 Å². The minimum absolute atomic E-state index is 0. The van der Waals surface area contributed by atoms with Crippen molar-refractivity contribution in [3.05, 3.63) is 148 Å². The molecule has 0 amide bonds. The first-order valence-electron chi connectivity index (χ1n) is 15.1. The summed E-state index contributed by atoms with van der Waals surface area (Å²) in [7, 11) is 0. The van der Waals surface area contributed by atoms with Gasteiger partial charge in [-0.1, -0.05) is 62.0 Å². The monoisotopic (exact) mass is 746 g/mol. The molecule has 0 saturated carbocycles. The fraction of sp³-hybridized carbons (Fsp3) is 0.0278. The molecule has 2 heterocycles. The number of anilines is 5. The Morgan fingerprint density at radius 2 is 0.800 bits per heavy atom. The van der Waals surface area contributed by atoms with Crippen molar-refractivity contribution in [2.24, 2.45) is 10.2 Å². The van der Waals surface area contributed by atoms with Crippen molar-refractivity contribution in [1.82, 2.24) is 31.2 Å². The van der Waals surface area contributed by atoms with Crippen molar-refractivity contribution >= 4 is 40.1 Å². The maximum Gasteiger partial charge on any atom is 0.203 e. The van der Waals surface area contributed by atoms with Crippen LogP contribution >= 0.6 is 0 Å². The van der Waals surface area contributed by atoms with Crippen LogP contribution in [0.5, 0.6) is 0 Å². The van der Waals surface area contributed by atoms with Crippen molar-refractivity contribution in [3.63, 3.8) is 0 Å². The lowest BCUT2D eigenvalue weighted by molar-refractivity contribution is 0.824. The van der Waals surface area contributed by atoms with E-state index in [2.05, 4.69) is 41.4 Å². The maximum absolute atomic E-state index is 8.36. The summed E-state index contributed by atoms with van der Waals surface area (Å²) in [6, 6.07) is 38.2. The van der Waals surface area contributed by atoms with Gasteiger partial charge in [0.15, 0.2) is 11.7 Å². The Bertz CT molecular complexity index is 2090. The minimum atomic E-state index is 0. The third kappa shape index (κ3) is 13.7. The van der Waals surface area contributed by atoms with Crippen LogP contribution in [0, 0.1) is 32.3 Å². The smallest absolute Gasteiger partial charge is 0.203 e. The predicted molar refractivity (Wildman–Crippen MR) is 219 cm³/mol. The number of aromatic nitrogens is 4. The molecule has 0 spiro atoms. The summed E-state index contributed by atoms with van der Waals surface area (Å²) in [5.74, 6) is 2.10. The van der Waals surface area contributed by atoms with E-state index in [-0.39, 0.29) is 14.3 Å². The van der Waals surface area contributed by atoms with E-state index in [0.717, 1.165) is 22.3 Å². The number of hydrazone groups is 2. The molecule has 0 aliphatic carbocycles. The van der Waals surface area contributed by atoms with E-state index >= 15 is 0 Å². The zero-order valence-electron chi connectivity index (χ0n) is 28.4. The van der Waals surface area contributed by atoms with E-state index in [1.54, 1.807) is 48.5 Å². The SMILES string of the molecule is C.N#Cc1cccc(N)c1.N=N.Nc1cccc(-c2nnc(-c3cccc(N)c3)nn2)c1.Nc1cccc(C2=NNC(c3cccc(N)c3)=NN2)c1.O.O=O.[HH]. The summed E-state index contributed by atoms with van der Waals surface area (Å²) in [5.41, 5.74) is 51.3. The van der Waals surface area contributed by atoms with Gasteiger partial charge in [0.1, 0.15) is 0 Å². The molecule has 284 valence electrons. The predicted octanol–water partition coefficient (Wildman–Crippen LogP) is 4.69. The Kier molecular flexibility index (Phi) is 18.8. The third-order valence-corrected chi connectivity index (χ3v) is 6.65. The molecule has 1 aliphatic rings.